The van der Waals surface area contributed by atoms with Crippen molar-refractivity contribution in [3.8, 4) is 0 Å². The van der Waals surface area contributed by atoms with Crippen LogP contribution < -0.4 is 0 Å². The van der Waals surface area contributed by atoms with Crippen molar-refractivity contribution in [3.63, 3.8) is 0 Å². The van der Waals surface area contributed by atoms with Crippen LogP contribution in [0.25, 0.3) is 0 Å². The van der Waals surface area contributed by atoms with Gasteiger partial charge in [0, 0.05) is 13.1 Å². The lowest BCUT2D eigenvalue weighted by Crippen LogP contribution is -2.30. The van der Waals surface area contributed by atoms with E-state index in [9.17, 15) is 0 Å². The van der Waals surface area contributed by atoms with E-state index in [0.717, 1.165) is 26.3 Å². The maximum absolute atomic E-state index is 5.68. The molecule has 0 aromatic heterocycles. The average molecular weight is 275 g/mol. The first-order chi connectivity index (χ1) is 8.60. The maximum atomic E-state index is 5.68. The molecule has 0 aliphatic rings. The molecule has 0 saturated heterocycles. The predicted molar refractivity (Wildman–Crippen MR) is 79.7 cm³/mol. The van der Waals surface area contributed by atoms with Gasteiger partial charge in [0.15, 0.2) is 0 Å². The largest absolute Gasteiger partial charge is 0.378 e. The molecule has 0 N–H and O–H groups in total. The van der Waals surface area contributed by atoms with Gasteiger partial charge in [-0.25, -0.2) is 0 Å². The third kappa shape index (κ3) is 15.8. The Morgan fingerprint density at radius 1 is 0.684 bits per heavy atom. The summed E-state index contributed by atoms with van der Waals surface area (Å²) in [5.74, 6) is 0. The molecule has 0 amide bonds. The lowest BCUT2D eigenvalue weighted by atomic mass is 10.2. The van der Waals surface area contributed by atoms with E-state index in [1.165, 1.54) is 0 Å². The molecule has 0 atom stereocenters. The summed E-state index contributed by atoms with van der Waals surface area (Å²) < 4.78 is 16.8. The zero-order valence-corrected chi connectivity index (χ0v) is 13.9. The highest BCUT2D eigenvalue weighted by Crippen LogP contribution is 2.06. The van der Waals surface area contributed by atoms with Gasteiger partial charge in [-0.1, -0.05) is 0 Å². The molecule has 0 bridgehead atoms. The molecule has 0 aromatic carbocycles. The number of hydrogen-bond donors (Lipinski definition) is 0. The van der Waals surface area contributed by atoms with Crippen molar-refractivity contribution < 1.29 is 14.2 Å². The standard InChI is InChI=1S/C15H33NO3/c1-14(2,3)18-11-9-16(7)8-10-17-12-13-19-15(4,5)6/h8-13H2,1-7H3. The van der Waals surface area contributed by atoms with Crippen LogP contribution in [0, 0.1) is 0 Å². The van der Waals surface area contributed by atoms with Crippen molar-refractivity contribution in [1.82, 2.24) is 4.90 Å². The van der Waals surface area contributed by atoms with Crippen molar-refractivity contribution in [2.24, 2.45) is 0 Å². The average Bonchev–Trinajstić information content (AvgIpc) is 2.19. The van der Waals surface area contributed by atoms with Gasteiger partial charge in [0.25, 0.3) is 0 Å². The number of nitrogens with zero attached hydrogens (tertiary/aromatic N) is 1. The Labute approximate surface area is 119 Å². The van der Waals surface area contributed by atoms with Gasteiger partial charge in [0.1, 0.15) is 0 Å². The summed E-state index contributed by atoms with van der Waals surface area (Å²) in [6, 6.07) is 0. The lowest BCUT2D eigenvalue weighted by Gasteiger charge is -2.23. The minimum Gasteiger partial charge on any atom is -0.378 e. The van der Waals surface area contributed by atoms with Crippen molar-refractivity contribution in [1.29, 1.82) is 0 Å². The summed E-state index contributed by atoms with van der Waals surface area (Å²) in [7, 11) is 2.08. The van der Waals surface area contributed by atoms with Crippen LogP contribution in [0.3, 0.4) is 0 Å². The van der Waals surface area contributed by atoms with Crippen LogP contribution in [-0.4, -0.2) is 62.7 Å². The van der Waals surface area contributed by atoms with Gasteiger partial charge in [0.05, 0.1) is 37.6 Å². The predicted octanol–water partition coefficient (Wildman–Crippen LogP) is 2.57. The van der Waals surface area contributed by atoms with Crippen molar-refractivity contribution in [2.75, 3.05) is 46.6 Å². The fourth-order valence-electron chi connectivity index (χ4n) is 1.35. The highest BCUT2D eigenvalue weighted by molar-refractivity contribution is 4.60. The Balaban J connectivity index is 3.37. The summed E-state index contributed by atoms with van der Waals surface area (Å²) in [5.41, 5.74) is -0.133. The molecule has 0 heterocycles. The quantitative estimate of drug-likeness (QED) is 0.605. The monoisotopic (exact) mass is 275 g/mol. The number of likely N-dealkylation sites (N-methyl/N-ethyl adjacent to an activating group) is 1. The number of ether oxygens (including phenoxy) is 3. The molecule has 116 valence electrons. The minimum atomic E-state index is -0.0789. The lowest BCUT2D eigenvalue weighted by molar-refractivity contribution is -0.0386. The van der Waals surface area contributed by atoms with E-state index in [1.807, 2.05) is 0 Å². The topological polar surface area (TPSA) is 30.9 Å². The van der Waals surface area contributed by atoms with Crippen LogP contribution >= 0.6 is 0 Å². The van der Waals surface area contributed by atoms with E-state index < -0.39 is 0 Å². The highest BCUT2D eigenvalue weighted by atomic mass is 16.5. The molecule has 0 aliphatic carbocycles. The fraction of sp³-hybridized carbons (Fsp3) is 1.00. The summed E-state index contributed by atoms with van der Waals surface area (Å²) in [6.07, 6.45) is 0. The van der Waals surface area contributed by atoms with Gasteiger partial charge < -0.3 is 19.1 Å². The van der Waals surface area contributed by atoms with Gasteiger partial charge in [0.2, 0.25) is 0 Å². The molecule has 0 saturated carbocycles. The first kappa shape index (κ1) is 18.8. The van der Waals surface area contributed by atoms with E-state index in [-0.39, 0.29) is 11.2 Å². The van der Waals surface area contributed by atoms with Gasteiger partial charge in [-0.15, -0.1) is 0 Å². The Hall–Kier alpha value is -0.160. The molecule has 0 rings (SSSR count). The minimum absolute atomic E-state index is 0.0539. The van der Waals surface area contributed by atoms with Crippen LogP contribution in [-0.2, 0) is 14.2 Å². The van der Waals surface area contributed by atoms with Crippen LogP contribution in [0.4, 0.5) is 0 Å². The summed E-state index contributed by atoms with van der Waals surface area (Å²) in [4.78, 5) is 2.22. The molecule has 4 nitrogen and oxygen atoms in total. The first-order valence-corrected chi connectivity index (χ1v) is 7.14. The van der Waals surface area contributed by atoms with Crippen molar-refractivity contribution in [2.45, 2.75) is 52.7 Å². The summed E-state index contributed by atoms with van der Waals surface area (Å²) in [5, 5.41) is 0. The molecular formula is C15H33NO3. The molecular weight excluding hydrogens is 242 g/mol. The van der Waals surface area contributed by atoms with Crippen LogP contribution in [0.1, 0.15) is 41.5 Å². The SMILES string of the molecule is CN(CCOCCOC(C)(C)C)CCOC(C)(C)C. The number of rotatable bonds is 9. The van der Waals surface area contributed by atoms with Crippen LogP contribution in [0.5, 0.6) is 0 Å². The smallest absolute Gasteiger partial charge is 0.0707 e. The molecule has 0 radical (unpaired) electrons. The Morgan fingerprint density at radius 2 is 1.16 bits per heavy atom. The van der Waals surface area contributed by atoms with Crippen molar-refractivity contribution >= 4 is 0 Å². The van der Waals surface area contributed by atoms with Gasteiger partial charge in [-0.3, -0.25) is 0 Å². The van der Waals surface area contributed by atoms with E-state index >= 15 is 0 Å². The zero-order chi connectivity index (χ0) is 14.9. The molecule has 0 fully saturated rings. The third-order valence-corrected chi connectivity index (χ3v) is 2.39. The Bertz CT molecular complexity index is 218. The van der Waals surface area contributed by atoms with E-state index in [1.54, 1.807) is 0 Å². The number of hydrogen-bond acceptors (Lipinski definition) is 4. The van der Waals surface area contributed by atoms with Crippen molar-refractivity contribution in [3.05, 3.63) is 0 Å². The normalized spacial score (nSPS) is 13.3. The van der Waals surface area contributed by atoms with Gasteiger partial charge in [-0.05, 0) is 48.6 Å². The third-order valence-electron chi connectivity index (χ3n) is 2.39. The second-order valence-corrected chi connectivity index (χ2v) is 6.84. The summed E-state index contributed by atoms with van der Waals surface area (Å²) in [6.45, 7) is 17.0. The molecule has 4 heteroatoms. The molecule has 0 aromatic rings. The maximum Gasteiger partial charge on any atom is 0.0707 e. The molecule has 0 unspecified atom stereocenters. The second kappa shape index (κ2) is 8.90. The highest BCUT2D eigenvalue weighted by Gasteiger charge is 2.10. The second-order valence-electron chi connectivity index (χ2n) is 6.84. The zero-order valence-electron chi connectivity index (χ0n) is 13.9. The summed E-state index contributed by atoms with van der Waals surface area (Å²) >= 11 is 0. The Morgan fingerprint density at radius 3 is 1.68 bits per heavy atom. The van der Waals surface area contributed by atoms with E-state index in [2.05, 4.69) is 53.5 Å². The van der Waals surface area contributed by atoms with Crippen LogP contribution in [0.2, 0.25) is 0 Å². The molecule has 19 heavy (non-hydrogen) atoms. The molecule has 0 aliphatic heterocycles. The first-order valence-electron chi connectivity index (χ1n) is 7.14. The molecule has 0 spiro atoms. The van der Waals surface area contributed by atoms with Gasteiger partial charge in [-0.2, -0.15) is 0 Å². The van der Waals surface area contributed by atoms with Gasteiger partial charge >= 0.3 is 0 Å². The van der Waals surface area contributed by atoms with Crippen LogP contribution in [0.15, 0.2) is 0 Å². The fourth-order valence-corrected chi connectivity index (χ4v) is 1.35. The Kier molecular flexibility index (Phi) is 8.83. The van der Waals surface area contributed by atoms with E-state index in [4.69, 9.17) is 14.2 Å². The van der Waals surface area contributed by atoms with E-state index in [0.29, 0.717) is 13.2 Å².